The minimum Gasteiger partial charge on any atom is -0.0654 e. The predicted molar refractivity (Wildman–Crippen MR) is 105 cm³/mol. The summed E-state index contributed by atoms with van der Waals surface area (Å²) in [6.45, 7) is 4.63. The molecule has 1 aromatic rings. The Balaban J connectivity index is 1.91. The number of hydrogen-bond acceptors (Lipinski definition) is 0. The van der Waals surface area contributed by atoms with Gasteiger partial charge in [0.05, 0.1) is 0 Å². The van der Waals surface area contributed by atoms with E-state index < -0.39 is 0 Å². The molecule has 1 aromatic carbocycles. The van der Waals surface area contributed by atoms with Crippen molar-refractivity contribution in [3.8, 4) is 0 Å². The molecular weight excluding hydrogens is 276 g/mol. The highest BCUT2D eigenvalue weighted by molar-refractivity contribution is 5.19. The van der Waals surface area contributed by atoms with Crippen LogP contribution in [-0.4, -0.2) is 0 Å². The van der Waals surface area contributed by atoms with E-state index in [1.165, 1.54) is 95.5 Å². The van der Waals surface area contributed by atoms with Gasteiger partial charge in [0, 0.05) is 0 Å². The summed E-state index contributed by atoms with van der Waals surface area (Å²) < 4.78 is 0. The van der Waals surface area contributed by atoms with E-state index in [4.69, 9.17) is 0 Å². The summed E-state index contributed by atoms with van der Waals surface area (Å²) in [7, 11) is 0. The largest absolute Gasteiger partial charge is 0.0654 e. The van der Waals surface area contributed by atoms with Crippen molar-refractivity contribution in [1.82, 2.24) is 0 Å². The molecule has 0 heteroatoms. The lowest BCUT2D eigenvalue weighted by atomic mass is 9.91. The van der Waals surface area contributed by atoms with Crippen molar-refractivity contribution >= 4 is 0 Å². The zero-order valence-electron chi connectivity index (χ0n) is 15.9. The third-order valence-electron chi connectivity index (χ3n) is 5.17. The highest BCUT2D eigenvalue weighted by Gasteiger charge is 2.07. The van der Waals surface area contributed by atoms with Gasteiger partial charge in [0.25, 0.3) is 0 Å². The highest BCUT2D eigenvalue weighted by atomic mass is 14.1. The van der Waals surface area contributed by atoms with Gasteiger partial charge in [-0.3, -0.25) is 0 Å². The lowest BCUT2D eigenvalue weighted by Crippen LogP contribution is -1.97. The van der Waals surface area contributed by atoms with E-state index in [0.29, 0.717) is 0 Å². The zero-order valence-corrected chi connectivity index (χ0v) is 15.9. The van der Waals surface area contributed by atoms with Crippen molar-refractivity contribution in [2.24, 2.45) is 0 Å². The summed E-state index contributed by atoms with van der Waals surface area (Å²) >= 11 is 0. The first-order valence-electron chi connectivity index (χ1n) is 10.4. The molecular formula is C23H40. The molecule has 0 bridgehead atoms. The highest BCUT2D eigenvalue weighted by Crippen LogP contribution is 2.25. The van der Waals surface area contributed by atoms with Gasteiger partial charge in [-0.2, -0.15) is 0 Å². The first-order valence-corrected chi connectivity index (χ1v) is 10.4. The van der Waals surface area contributed by atoms with Gasteiger partial charge in [0.1, 0.15) is 0 Å². The minimum absolute atomic E-state index is 0.777. The minimum atomic E-state index is 0.777. The standard InChI is InChI=1S/C23H40/c1-3-5-6-7-8-9-10-11-12-13-14-16-19-22(4-2)23-20-17-15-18-21-23/h15,17-18,20-22H,3-14,16,19H2,1-2H3. The van der Waals surface area contributed by atoms with Crippen LogP contribution in [0.4, 0.5) is 0 Å². The first kappa shape index (κ1) is 20.3. The van der Waals surface area contributed by atoms with Gasteiger partial charge in [-0.05, 0) is 24.3 Å². The monoisotopic (exact) mass is 316 g/mol. The van der Waals surface area contributed by atoms with E-state index in [1.54, 1.807) is 0 Å². The van der Waals surface area contributed by atoms with Gasteiger partial charge in [-0.15, -0.1) is 0 Å². The van der Waals surface area contributed by atoms with Crippen LogP contribution in [0.3, 0.4) is 0 Å². The summed E-state index contributed by atoms with van der Waals surface area (Å²) in [5.41, 5.74) is 1.54. The fraction of sp³-hybridized carbons (Fsp3) is 0.739. The molecule has 23 heavy (non-hydrogen) atoms. The van der Waals surface area contributed by atoms with Gasteiger partial charge in [-0.25, -0.2) is 0 Å². The Morgan fingerprint density at radius 2 is 1.09 bits per heavy atom. The van der Waals surface area contributed by atoms with Crippen molar-refractivity contribution < 1.29 is 0 Å². The van der Waals surface area contributed by atoms with Crippen molar-refractivity contribution in [2.75, 3.05) is 0 Å². The molecule has 0 fully saturated rings. The quantitative estimate of drug-likeness (QED) is 0.286. The second kappa shape index (κ2) is 14.8. The second-order valence-corrected chi connectivity index (χ2v) is 7.19. The van der Waals surface area contributed by atoms with Gasteiger partial charge in [0.15, 0.2) is 0 Å². The normalized spacial score (nSPS) is 12.4. The van der Waals surface area contributed by atoms with Crippen molar-refractivity contribution in [2.45, 2.75) is 110 Å². The van der Waals surface area contributed by atoms with Gasteiger partial charge in [-0.1, -0.05) is 121 Å². The number of benzene rings is 1. The molecule has 0 aromatic heterocycles. The van der Waals surface area contributed by atoms with Crippen molar-refractivity contribution in [3.63, 3.8) is 0 Å². The maximum absolute atomic E-state index is 2.33. The third-order valence-corrected chi connectivity index (χ3v) is 5.17. The predicted octanol–water partition coefficient (Wildman–Crippen LogP) is 8.27. The first-order chi connectivity index (χ1) is 11.4. The molecule has 0 aliphatic carbocycles. The third kappa shape index (κ3) is 10.6. The van der Waals surface area contributed by atoms with Crippen molar-refractivity contribution in [3.05, 3.63) is 35.9 Å². The SMILES string of the molecule is CCCCCCCCCCCCCCC(CC)c1ccccc1. The van der Waals surface area contributed by atoms with Gasteiger partial charge >= 0.3 is 0 Å². The summed E-state index contributed by atoms with van der Waals surface area (Å²) in [6.07, 6.45) is 20.0. The van der Waals surface area contributed by atoms with Crippen LogP contribution in [0.1, 0.15) is 115 Å². The van der Waals surface area contributed by atoms with E-state index in [9.17, 15) is 0 Å². The van der Waals surface area contributed by atoms with E-state index in [0.717, 1.165) is 5.92 Å². The molecule has 1 unspecified atom stereocenters. The fourth-order valence-corrected chi connectivity index (χ4v) is 3.56. The molecule has 1 atom stereocenters. The fourth-order valence-electron chi connectivity index (χ4n) is 3.56. The number of hydrogen-bond donors (Lipinski definition) is 0. The molecule has 0 radical (unpaired) electrons. The molecule has 0 saturated carbocycles. The zero-order chi connectivity index (χ0) is 16.6. The second-order valence-electron chi connectivity index (χ2n) is 7.19. The topological polar surface area (TPSA) is 0 Å². The van der Waals surface area contributed by atoms with Crippen LogP contribution in [0.5, 0.6) is 0 Å². The Labute approximate surface area is 146 Å². The summed E-state index contributed by atoms with van der Waals surface area (Å²) in [5, 5.41) is 0. The van der Waals surface area contributed by atoms with Gasteiger partial charge < -0.3 is 0 Å². The maximum Gasteiger partial charge on any atom is -0.0165 e. The molecule has 0 amide bonds. The average molecular weight is 317 g/mol. The van der Waals surface area contributed by atoms with Crippen LogP contribution in [0.15, 0.2) is 30.3 Å². The Morgan fingerprint density at radius 1 is 0.609 bits per heavy atom. The summed E-state index contributed by atoms with van der Waals surface area (Å²) in [4.78, 5) is 0. The number of unbranched alkanes of at least 4 members (excludes halogenated alkanes) is 11. The molecule has 0 heterocycles. The van der Waals surface area contributed by atoms with Crippen LogP contribution in [-0.2, 0) is 0 Å². The van der Waals surface area contributed by atoms with E-state index >= 15 is 0 Å². The molecule has 0 saturated heterocycles. The summed E-state index contributed by atoms with van der Waals surface area (Å²) in [6, 6.07) is 11.1. The van der Waals surface area contributed by atoms with E-state index in [-0.39, 0.29) is 0 Å². The summed E-state index contributed by atoms with van der Waals surface area (Å²) in [5.74, 6) is 0.777. The van der Waals surface area contributed by atoms with E-state index in [2.05, 4.69) is 44.2 Å². The average Bonchev–Trinajstić information content (AvgIpc) is 2.60. The maximum atomic E-state index is 2.33. The van der Waals surface area contributed by atoms with Crippen LogP contribution in [0, 0.1) is 0 Å². The lowest BCUT2D eigenvalue weighted by Gasteiger charge is -2.15. The number of rotatable bonds is 15. The van der Waals surface area contributed by atoms with Crippen molar-refractivity contribution in [1.29, 1.82) is 0 Å². The molecule has 0 N–H and O–H groups in total. The molecule has 0 spiro atoms. The Bertz CT molecular complexity index is 340. The molecule has 0 aliphatic rings. The Morgan fingerprint density at radius 3 is 1.57 bits per heavy atom. The molecule has 1 rings (SSSR count). The smallest absolute Gasteiger partial charge is 0.0165 e. The molecule has 0 nitrogen and oxygen atoms in total. The van der Waals surface area contributed by atoms with Crippen LogP contribution < -0.4 is 0 Å². The molecule has 132 valence electrons. The van der Waals surface area contributed by atoms with Crippen LogP contribution in [0.25, 0.3) is 0 Å². The molecule has 0 aliphatic heterocycles. The lowest BCUT2D eigenvalue weighted by molar-refractivity contribution is 0.515. The van der Waals surface area contributed by atoms with E-state index in [1.807, 2.05) is 0 Å². The van der Waals surface area contributed by atoms with Crippen LogP contribution in [0.2, 0.25) is 0 Å². The Kier molecular flexibility index (Phi) is 13.0. The Hall–Kier alpha value is -0.780. The van der Waals surface area contributed by atoms with Gasteiger partial charge in [0.2, 0.25) is 0 Å². The van der Waals surface area contributed by atoms with Crippen LogP contribution >= 0.6 is 0 Å².